The van der Waals surface area contributed by atoms with Crippen LogP contribution in [0.5, 0.6) is 0 Å². The molecule has 2 heterocycles. The van der Waals surface area contributed by atoms with Crippen LogP contribution in [0.25, 0.3) is 0 Å². The number of sulfonamides is 1. The quantitative estimate of drug-likeness (QED) is 0.688. The molecule has 1 aliphatic heterocycles. The number of piperidine rings is 1. The smallest absolute Gasteiger partial charge is 0.243 e. The lowest BCUT2D eigenvalue weighted by Crippen LogP contribution is -2.37. The Kier molecular flexibility index (Phi) is 6.47. The van der Waals surface area contributed by atoms with Crippen molar-refractivity contribution in [3.8, 4) is 0 Å². The SMILES string of the molecule is CC1CCN(S(=O)(=O)c2cccc(C(=O)CNc3nnc(C(C)C)s3)c2)CC1. The van der Waals surface area contributed by atoms with Gasteiger partial charge in [-0.15, -0.1) is 10.2 Å². The van der Waals surface area contributed by atoms with Crippen molar-refractivity contribution < 1.29 is 13.2 Å². The number of carbonyl (C=O) groups is 1. The van der Waals surface area contributed by atoms with Crippen LogP contribution in [-0.4, -0.2) is 48.3 Å². The van der Waals surface area contributed by atoms with Crippen molar-refractivity contribution in [3.63, 3.8) is 0 Å². The number of hydrogen-bond acceptors (Lipinski definition) is 7. The molecule has 0 aliphatic carbocycles. The number of Topliss-reactive ketones (excluding diaryl/α,β-unsaturated/α-hetero) is 1. The zero-order valence-electron chi connectivity index (χ0n) is 16.4. The van der Waals surface area contributed by atoms with E-state index >= 15 is 0 Å². The minimum absolute atomic E-state index is 0.0391. The van der Waals surface area contributed by atoms with Gasteiger partial charge in [-0.1, -0.05) is 44.2 Å². The molecule has 9 heteroatoms. The molecule has 1 fully saturated rings. The summed E-state index contributed by atoms with van der Waals surface area (Å²) in [6.07, 6.45) is 1.73. The van der Waals surface area contributed by atoms with E-state index < -0.39 is 10.0 Å². The summed E-state index contributed by atoms with van der Waals surface area (Å²) in [5, 5.41) is 12.6. The number of benzene rings is 1. The van der Waals surface area contributed by atoms with Crippen LogP contribution >= 0.6 is 11.3 Å². The number of rotatable bonds is 7. The Morgan fingerprint density at radius 3 is 2.64 bits per heavy atom. The lowest BCUT2D eigenvalue weighted by atomic mass is 10.0. The van der Waals surface area contributed by atoms with Crippen LogP contribution in [0.3, 0.4) is 0 Å². The fourth-order valence-corrected chi connectivity index (χ4v) is 5.26. The molecule has 0 atom stereocenters. The van der Waals surface area contributed by atoms with Crippen LogP contribution in [0.2, 0.25) is 0 Å². The Morgan fingerprint density at radius 1 is 1.29 bits per heavy atom. The van der Waals surface area contributed by atoms with E-state index in [-0.39, 0.29) is 23.1 Å². The van der Waals surface area contributed by atoms with E-state index in [2.05, 4.69) is 22.4 Å². The zero-order valence-corrected chi connectivity index (χ0v) is 18.0. The predicted octanol–water partition coefficient (Wildman–Crippen LogP) is 3.38. The molecule has 28 heavy (non-hydrogen) atoms. The largest absolute Gasteiger partial charge is 0.353 e. The highest BCUT2D eigenvalue weighted by molar-refractivity contribution is 7.89. The van der Waals surface area contributed by atoms with E-state index in [4.69, 9.17) is 0 Å². The predicted molar refractivity (Wildman–Crippen MR) is 110 cm³/mol. The Hall–Kier alpha value is -1.84. The Balaban J connectivity index is 1.68. The van der Waals surface area contributed by atoms with Crippen LogP contribution in [0, 0.1) is 5.92 Å². The minimum atomic E-state index is -3.57. The third-order valence-electron chi connectivity index (χ3n) is 4.87. The van der Waals surface area contributed by atoms with Crippen LogP contribution in [-0.2, 0) is 10.0 Å². The molecule has 1 aromatic carbocycles. The molecule has 1 saturated heterocycles. The maximum absolute atomic E-state index is 12.9. The van der Waals surface area contributed by atoms with Crippen LogP contribution in [0.4, 0.5) is 5.13 Å². The molecule has 0 amide bonds. The van der Waals surface area contributed by atoms with Gasteiger partial charge in [0.15, 0.2) is 5.78 Å². The average Bonchev–Trinajstić information content (AvgIpc) is 3.16. The van der Waals surface area contributed by atoms with Crippen molar-refractivity contribution >= 4 is 32.3 Å². The Morgan fingerprint density at radius 2 is 2.00 bits per heavy atom. The standard InChI is InChI=1S/C19H26N4O3S2/c1-13(2)18-21-22-19(27-18)20-12-17(24)15-5-4-6-16(11-15)28(25,26)23-9-7-14(3)8-10-23/h4-6,11,13-14H,7-10,12H2,1-3H3,(H,20,22). The fourth-order valence-electron chi connectivity index (χ4n) is 3.00. The average molecular weight is 423 g/mol. The van der Waals surface area contributed by atoms with Crippen molar-refractivity contribution in [1.29, 1.82) is 0 Å². The highest BCUT2D eigenvalue weighted by Gasteiger charge is 2.28. The minimum Gasteiger partial charge on any atom is -0.353 e. The van der Waals surface area contributed by atoms with Crippen molar-refractivity contribution in [1.82, 2.24) is 14.5 Å². The molecule has 1 N–H and O–H groups in total. The Bertz CT molecular complexity index is 932. The number of nitrogens with zero attached hydrogens (tertiary/aromatic N) is 3. The van der Waals surface area contributed by atoms with Crippen molar-refractivity contribution in [2.24, 2.45) is 5.92 Å². The summed E-state index contributed by atoms with van der Waals surface area (Å²) in [4.78, 5) is 12.7. The van der Waals surface area contributed by atoms with E-state index in [1.54, 1.807) is 18.2 Å². The third-order valence-corrected chi connectivity index (χ3v) is 7.95. The van der Waals surface area contributed by atoms with E-state index in [9.17, 15) is 13.2 Å². The van der Waals surface area contributed by atoms with Gasteiger partial charge >= 0.3 is 0 Å². The van der Waals surface area contributed by atoms with E-state index in [0.29, 0.717) is 29.7 Å². The van der Waals surface area contributed by atoms with Gasteiger partial charge in [0.25, 0.3) is 0 Å². The molecule has 1 aromatic heterocycles. The Labute approximate surface area is 170 Å². The van der Waals surface area contributed by atoms with Gasteiger partial charge < -0.3 is 5.32 Å². The molecule has 1 aliphatic rings. The number of ketones is 1. The number of anilines is 1. The van der Waals surface area contributed by atoms with Gasteiger partial charge in [0.05, 0.1) is 11.4 Å². The molecular weight excluding hydrogens is 396 g/mol. The molecule has 0 radical (unpaired) electrons. The van der Waals surface area contributed by atoms with E-state index in [1.165, 1.54) is 21.7 Å². The summed E-state index contributed by atoms with van der Waals surface area (Å²) in [5.41, 5.74) is 0.368. The van der Waals surface area contributed by atoms with Gasteiger partial charge in [0, 0.05) is 24.6 Å². The maximum Gasteiger partial charge on any atom is 0.243 e. The van der Waals surface area contributed by atoms with Crippen LogP contribution in [0.15, 0.2) is 29.2 Å². The first-order valence-corrected chi connectivity index (χ1v) is 11.7. The summed E-state index contributed by atoms with van der Waals surface area (Å²) in [7, 11) is -3.57. The van der Waals surface area contributed by atoms with Gasteiger partial charge in [-0.05, 0) is 30.9 Å². The lowest BCUT2D eigenvalue weighted by molar-refractivity contribution is 0.101. The van der Waals surface area contributed by atoms with E-state index in [1.807, 2.05) is 13.8 Å². The number of hydrogen-bond donors (Lipinski definition) is 1. The molecule has 7 nitrogen and oxygen atoms in total. The third kappa shape index (κ3) is 4.76. The van der Waals surface area contributed by atoms with Crippen molar-refractivity contribution in [2.75, 3.05) is 25.0 Å². The first-order chi connectivity index (χ1) is 13.3. The lowest BCUT2D eigenvalue weighted by Gasteiger charge is -2.29. The molecule has 0 saturated carbocycles. The van der Waals surface area contributed by atoms with Gasteiger partial charge in [0.1, 0.15) is 5.01 Å². The number of carbonyl (C=O) groups excluding carboxylic acids is 1. The number of nitrogens with one attached hydrogen (secondary N) is 1. The zero-order chi connectivity index (χ0) is 20.3. The second kappa shape index (κ2) is 8.67. The maximum atomic E-state index is 12.9. The highest BCUT2D eigenvalue weighted by Crippen LogP contribution is 2.25. The summed E-state index contributed by atoms with van der Waals surface area (Å²) in [5.74, 6) is 0.635. The second-order valence-electron chi connectivity index (χ2n) is 7.49. The van der Waals surface area contributed by atoms with E-state index in [0.717, 1.165) is 17.8 Å². The summed E-state index contributed by atoms with van der Waals surface area (Å²) < 4.78 is 27.3. The monoisotopic (exact) mass is 422 g/mol. The molecule has 0 unspecified atom stereocenters. The second-order valence-corrected chi connectivity index (χ2v) is 10.4. The molecule has 2 aromatic rings. The first kappa shape index (κ1) is 20.9. The van der Waals surface area contributed by atoms with Gasteiger partial charge in [-0.2, -0.15) is 4.31 Å². The normalized spacial score (nSPS) is 16.4. The summed E-state index contributed by atoms with van der Waals surface area (Å²) in [6, 6.07) is 6.28. The van der Waals surface area contributed by atoms with Crippen LogP contribution in [0.1, 0.15) is 54.9 Å². The molecule has 0 spiro atoms. The van der Waals surface area contributed by atoms with Crippen molar-refractivity contribution in [2.45, 2.75) is 44.4 Å². The van der Waals surface area contributed by atoms with Gasteiger partial charge in [-0.3, -0.25) is 4.79 Å². The summed E-state index contributed by atoms with van der Waals surface area (Å²) in [6.45, 7) is 7.29. The highest BCUT2D eigenvalue weighted by atomic mass is 32.2. The van der Waals surface area contributed by atoms with Gasteiger partial charge in [-0.25, -0.2) is 8.42 Å². The fraction of sp³-hybridized carbons (Fsp3) is 0.526. The first-order valence-electron chi connectivity index (χ1n) is 9.48. The number of aromatic nitrogens is 2. The summed E-state index contributed by atoms with van der Waals surface area (Å²) >= 11 is 1.42. The molecular formula is C19H26N4O3S2. The van der Waals surface area contributed by atoms with Gasteiger partial charge in [0.2, 0.25) is 15.2 Å². The topological polar surface area (TPSA) is 92.3 Å². The molecule has 3 rings (SSSR count). The molecule has 152 valence electrons. The van der Waals surface area contributed by atoms with Crippen molar-refractivity contribution in [3.05, 3.63) is 34.8 Å². The van der Waals surface area contributed by atoms with Crippen LogP contribution < -0.4 is 5.32 Å². The molecule has 0 bridgehead atoms.